The molecule has 0 fully saturated rings. The van der Waals surface area contributed by atoms with Gasteiger partial charge in [-0.05, 0) is 10.3 Å². The summed E-state index contributed by atoms with van der Waals surface area (Å²) < 4.78 is 4.20. The summed E-state index contributed by atoms with van der Waals surface area (Å²) in [6.45, 7) is 0. The van der Waals surface area contributed by atoms with Gasteiger partial charge in [0.2, 0.25) is 0 Å². The fourth-order valence-electron chi connectivity index (χ4n) is 0.742. The summed E-state index contributed by atoms with van der Waals surface area (Å²) in [5.74, 6) is -0.696. The van der Waals surface area contributed by atoms with E-state index in [1.165, 1.54) is 0 Å². The summed E-state index contributed by atoms with van der Waals surface area (Å²) in [4.78, 5) is 20.8. The zero-order chi connectivity index (χ0) is 11.6. The molecule has 11 nitrogen and oxygen atoms in total. The molecule has 11 heteroatoms. The fourth-order valence-corrected chi connectivity index (χ4v) is 0.742. The zero-order valence-corrected chi connectivity index (χ0v) is 7.72. The molecule has 0 bridgehead atoms. The standard InChI is InChI=1S/C4H6N6O5/c1-7(9(11)12)3-4(6-15-5-3)8(2)10(13)14/h1-2H3. The third kappa shape index (κ3) is 1.90. The molecule has 1 heterocycles. The van der Waals surface area contributed by atoms with Gasteiger partial charge in [-0.25, -0.2) is 24.9 Å². The van der Waals surface area contributed by atoms with Crippen molar-refractivity contribution >= 4 is 11.6 Å². The fraction of sp³-hybridized carbons (Fsp3) is 0.500. The van der Waals surface area contributed by atoms with Gasteiger partial charge in [0.1, 0.15) is 0 Å². The third-order valence-electron chi connectivity index (χ3n) is 1.56. The molecule has 0 aromatic carbocycles. The molecule has 1 aromatic heterocycles. The van der Waals surface area contributed by atoms with Crippen molar-refractivity contribution in [3.05, 3.63) is 20.2 Å². The van der Waals surface area contributed by atoms with Crippen molar-refractivity contribution in [3.8, 4) is 0 Å². The number of anilines is 2. The molecule has 0 saturated carbocycles. The number of nitro groups is 2. The van der Waals surface area contributed by atoms with E-state index in [1.807, 2.05) is 0 Å². The van der Waals surface area contributed by atoms with Crippen molar-refractivity contribution in [1.82, 2.24) is 10.3 Å². The lowest BCUT2D eigenvalue weighted by Crippen LogP contribution is -2.30. The Labute approximate surface area is 82.1 Å². The van der Waals surface area contributed by atoms with E-state index in [4.69, 9.17) is 0 Å². The maximum atomic E-state index is 10.4. The number of aromatic nitrogens is 2. The van der Waals surface area contributed by atoms with Crippen molar-refractivity contribution in [2.75, 3.05) is 24.1 Å². The summed E-state index contributed by atoms with van der Waals surface area (Å²) in [6, 6.07) is 0. The molecular weight excluding hydrogens is 212 g/mol. The average Bonchev–Trinajstić information content (AvgIpc) is 2.63. The largest absolute Gasteiger partial charge is 0.286 e. The number of hydrazine groups is 2. The second-order valence-corrected chi connectivity index (χ2v) is 2.43. The Hall–Kier alpha value is -2.46. The molecule has 82 valence electrons. The highest BCUT2D eigenvalue weighted by atomic mass is 16.7. The molecule has 0 spiro atoms. The van der Waals surface area contributed by atoms with Crippen molar-refractivity contribution in [2.45, 2.75) is 0 Å². The van der Waals surface area contributed by atoms with Crippen LogP contribution in [0.4, 0.5) is 11.6 Å². The average molecular weight is 218 g/mol. The van der Waals surface area contributed by atoms with E-state index in [1.54, 1.807) is 0 Å². The van der Waals surface area contributed by atoms with E-state index in [9.17, 15) is 20.2 Å². The Morgan fingerprint density at radius 1 is 1.07 bits per heavy atom. The summed E-state index contributed by atoms with van der Waals surface area (Å²) in [7, 11) is 2.13. The van der Waals surface area contributed by atoms with E-state index in [-0.39, 0.29) is 11.6 Å². The summed E-state index contributed by atoms with van der Waals surface area (Å²) in [5, 5.41) is 26.4. The maximum Gasteiger partial charge on any atom is 0.286 e. The minimum absolute atomic E-state index is 0.348. The molecule has 0 N–H and O–H groups in total. The van der Waals surface area contributed by atoms with Gasteiger partial charge in [-0.1, -0.05) is 10.0 Å². The van der Waals surface area contributed by atoms with E-state index >= 15 is 0 Å². The van der Waals surface area contributed by atoms with Crippen LogP contribution in [0.3, 0.4) is 0 Å². The lowest BCUT2D eigenvalue weighted by atomic mass is 10.6. The molecule has 0 saturated heterocycles. The predicted molar refractivity (Wildman–Crippen MR) is 45.1 cm³/mol. The Morgan fingerprint density at radius 3 is 1.67 bits per heavy atom. The van der Waals surface area contributed by atoms with Crippen LogP contribution in [0.5, 0.6) is 0 Å². The minimum atomic E-state index is -0.809. The summed E-state index contributed by atoms with van der Waals surface area (Å²) >= 11 is 0. The van der Waals surface area contributed by atoms with Gasteiger partial charge in [0.25, 0.3) is 11.6 Å². The SMILES string of the molecule is CN(c1nonc1N(C)[N+](=O)[O-])[N+](=O)[O-]. The second-order valence-electron chi connectivity index (χ2n) is 2.43. The van der Waals surface area contributed by atoms with Crippen molar-refractivity contribution in [3.63, 3.8) is 0 Å². The highest BCUT2D eigenvalue weighted by Gasteiger charge is 2.29. The van der Waals surface area contributed by atoms with Gasteiger partial charge in [-0.3, -0.25) is 0 Å². The molecule has 0 aliphatic carbocycles. The van der Waals surface area contributed by atoms with Gasteiger partial charge in [0, 0.05) is 0 Å². The molecule has 0 aliphatic rings. The number of rotatable bonds is 4. The molecule has 1 rings (SSSR count). The smallest absolute Gasteiger partial charge is 0.240 e. The van der Waals surface area contributed by atoms with E-state index < -0.39 is 10.1 Å². The Bertz CT molecular complexity index is 354. The van der Waals surface area contributed by atoms with Gasteiger partial charge >= 0.3 is 0 Å². The van der Waals surface area contributed by atoms with Crippen LogP contribution in [0, 0.1) is 20.2 Å². The maximum absolute atomic E-state index is 10.4. The van der Waals surface area contributed by atoms with Crippen LogP contribution >= 0.6 is 0 Å². The van der Waals surface area contributed by atoms with E-state index in [0.29, 0.717) is 10.0 Å². The zero-order valence-electron chi connectivity index (χ0n) is 7.72. The van der Waals surface area contributed by atoms with Gasteiger partial charge in [-0.2, -0.15) is 0 Å². The number of nitrogens with zero attached hydrogens (tertiary/aromatic N) is 6. The van der Waals surface area contributed by atoms with Crippen LogP contribution in [0.15, 0.2) is 4.63 Å². The predicted octanol–water partition coefficient (Wildman–Crippen LogP) is -0.675. The lowest BCUT2D eigenvalue weighted by Gasteiger charge is -2.07. The quantitative estimate of drug-likeness (QED) is 0.476. The van der Waals surface area contributed by atoms with Gasteiger partial charge < -0.3 is 0 Å². The van der Waals surface area contributed by atoms with E-state index in [0.717, 1.165) is 14.1 Å². The number of hydrogen-bond donors (Lipinski definition) is 0. The van der Waals surface area contributed by atoms with Crippen LogP contribution in [0.2, 0.25) is 0 Å². The summed E-state index contributed by atoms with van der Waals surface area (Å²) in [5.41, 5.74) is 0. The first-order chi connectivity index (χ1) is 6.95. The molecule has 0 unspecified atom stereocenters. The molecule has 0 aliphatic heterocycles. The highest BCUT2D eigenvalue weighted by Crippen LogP contribution is 2.22. The van der Waals surface area contributed by atoms with Gasteiger partial charge in [-0.15, -0.1) is 0 Å². The van der Waals surface area contributed by atoms with Crippen LogP contribution in [0.25, 0.3) is 0 Å². The highest BCUT2D eigenvalue weighted by molar-refractivity contribution is 5.57. The first-order valence-corrected chi connectivity index (χ1v) is 3.53. The molecule has 0 atom stereocenters. The Morgan fingerprint density at radius 2 is 1.40 bits per heavy atom. The molecule has 15 heavy (non-hydrogen) atoms. The van der Waals surface area contributed by atoms with Crippen molar-refractivity contribution in [2.24, 2.45) is 0 Å². The molecule has 0 radical (unpaired) electrons. The summed E-state index contributed by atoms with van der Waals surface area (Å²) in [6.07, 6.45) is 0. The van der Waals surface area contributed by atoms with Gasteiger partial charge in [0.15, 0.2) is 10.1 Å². The van der Waals surface area contributed by atoms with Crippen LogP contribution in [0.1, 0.15) is 0 Å². The topological polar surface area (TPSA) is 132 Å². The first kappa shape index (κ1) is 10.6. The van der Waals surface area contributed by atoms with Gasteiger partial charge in [0.05, 0.1) is 14.1 Å². The minimum Gasteiger partial charge on any atom is -0.240 e. The monoisotopic (exact) mass is 218 g/mol. The van der Waals surface area contributed by atoms with Crippen LogP contribution < -0.4 is 10.0 Å². The Kier molecular flexibility index (Phi) is 2.64. The van der Waals surface area contributed by atoms with Crippen LogP contribution in [-0.2, 0) is 0 Å². The van der Waals surface area contributed by atoms with Crippen molar-refractivity contribution in [1.29, 1.82) is 0 Å². The normalized spacial score (nSPS) is 9.73. The lowest BCUT2D eigenvalue weighted by molar-refractivity contribution is -0.495. The second kappa shape index (κ2) is 3.73. The number of hydrogen-bond acceptors (Lipinski definition) is 7. The first-order valence-electron chi connectivity index (χ1n) is 3.53. The molecule has 1 aromatic rings. The molecule has 0 amide bonds. The van der Waals surface area contributed by atoms with Crippen LogP contribution in [-0.4, -0.2) is 34.5 Å². The molecular formula is C4H6N6O5. The van der Waals surface area contributed by atoms with Crippen molar-refractivity contribution < 1.29 is 14.7 Å². The van der Waals surface area contributed by atoms with E-state index in [2.05, 4.69) is 14.9 Å². The third-order valence-corrected chi connectivity index (χ3v) is 1.56. The Balaban J connectivity index is 3.06.